The van der Waals surface area contributed by atoms with Gasteiger partial charge in [-0.05, 0) is 105 Å². The zero-order valence-corrected chi connectivity index (χ0v) is 33.3. The van der Waals surface area contributed by atoms with Crippen molar-refractivity contribution in [3.63, 3.8) is 0 Å². The summed E-state index contributed by atoms with van der Waals surface area (Å²) in [6.07, 6.45) is -0.586. The smallest absolute Gasteiger partial charge is 0.222 e. The lowest BCUT2D eigenvalue weighted by atomic mass is 9.86. The van der Waals surface area contributed by atoms with E-state index < -0.39 is 36.5 Å². The molecule has 3 aromatic rings. The number of hydrogen-bond acceptors (Lipinski definition) is 9. The molecule has 1 saturated heterocycles. The molecule has 1 amide bonds. The van der Waals surface area contributed by atoms with E-state index in [1.165, 1.54) is 22.9 Å². The van der Waals surface area contributed by atoms with Crippen LogP contribution in [-0.2, 0) is 9.53 Å². The van der Waals surface area contributed by atoms with Crippen LogP contribution in [0.3, 0.4) is 0 Å². The number of hydrogen-bond donors (Lipinski definition) is 6. The fourth-order valence-electron chi connectivity index (χ4n) is 7.97. The third-order valence-electron chi connectivity index (χ3n) is 11.5. The van der Waals surface area contributed by atoms with Crippen LogP contribution in [0.25, 0.3) is 39.3 Å². The van der Waals surface area contributed by atoms with Gasteiger partial charge in [0.1, 0.15) is 29.9 Å². The van der Waals surface area contributed by atoms with Crippen LogP contribution in [0.15, 0.2) is 30.8 Å². The highest BCUT2D eigenvalue weighted by atomic mass is 32.2. The van der Waals surface area contributed by atoms with Crippen molar-refractivity contribution in [2.75, 3.05) is 26.0 Å². The lowest BCUT2D eigenvalue weighted by Gasteiger charge is -2.39. The van der Waals surface area contributed by atoms with E-state index in [0.717, 1.165) is 73.5 Å². The standard InChI is InChI=1S/C42H55N5O6S/c1-9-26-23(5)32-19-35-27(10-2)22(4)31(44-35)18-33-24(6)28(38(46-33)25(7)30-16-21(3)29(43-30)17-34(26)45-32)12-13-37(49)47(8)14-11-15-54-42-41(52)40(51)39(50)36(20-48)53-42/h10,16-19,24,28,36,39-44,48,50-52H,2,9,11-15,20H2,1,3-8H3/t24-,28-,36+,39+,40-,41-,42+/m0/s1. The van der Waals surface area contributed by atoms with E-state index >= 15 is 0 Å². The first kappa shape index (κ1) is 39.9. The number of fused-ring (bicyclic) bond motifs is 8. The normalized spacial score (nSPS) is 24.2. The molecule has 0 aliphatic carbocycles. The minimum Gasteiger partial charge on any atom is -0.394 e. The van der Waals surface area contributed by atoms with Crippen molar-refractivity contribution in [2.24, 2.45) is 0 Å². The summed E-state index contributed by atoms with van der Waals surface area (Å²) >= 11 is 1.30. The molecule has 6 rings (SSSR count). The van der Waals surface area contributed by atoms with Crippen molar-refractivity contribution >= 4 is 57.0 Å². The number of aromatic nitrogens is 4. The molecule has 3 aliphatic heterocycles. The van der Waals surface area contributed by atoms with Gasteiger partial charge in [-0.1, -0.05) is 26.5 Å². The summed E-state index contributed by atoms with van der Waals surface area (Å²) in [6.45, 7) is 17.0. The number of nitrogens with zero attached hydrogens (tertiary/aromatic N) is 3. The molecule has 0 unspecified atom stereocenters. The second-order valence-corrected chi connectivity index (χ2v) is 16.2. The fourth-order valence-corrected chi connectivity index (χ4v) is 9.08. The second kappa shape index (κ2) is 16.5. The number of H-pyrrole nitrogens is 2. The molecule has 0 radical (unpaired) electrons. The van der Waals surface area contributed by atoms with Crippen LogP contribution in [0.5, 0.6) is 0 Å². The number of ether oxygens (including phenoxy) is 1. The molecule has 7 atom stereocenters. The van der Waals surface area contributed by atoms with Crippen LogP contribution in [0.2, 0.25) is 0 Å². The quantitative estimate of drug-likeness (QED) is 0.124. The van der Waals surface area contributed by atoms with Gasteiger partial charge in [-0.25, -0.2) is 4.98 Å². The molecule has 0 spiro atoms. The van der Waals surface area contributed by atoms with E-state index in [1.807, 2.05) is 6.08 Å². The number of rotatable bonds is 11. The first-order chi connectivity index (χ1) is 25.8. The Hall–Kier alpha value is -3.78. The highest BCUT2D eigenvalue weighted by Crippen LogP contribution is 2.42. The molecule has 8 bridgehead atoms. The molecule has 290 valence electrons. The topological polar surface area (TPSA) is 168 Å². The number of amides is 1. The summed E-state index contributed by atoms with van der Waals surface area (Å²) in [7, 11) is 1.80. The van der Waals surface area contributed by atoms with Gasteiger partial charge < -0.3 is 40.0 Å². The summed E-state index contributed by atoms with van der Waals surface area (Å²) in [5.74, 6) is 0.688. The monoisotopic (exact) mass is 757 g/mol. The maximum atomic E-state index is 13.5. The Morgan fingerprint density at radius 3 is 2.37 bits per heavy atom. The third kappa shape index (κ3) is 7.69. The number of nitrogens with one attached hydrogen (secondary N) is 2. The maximum absolute atomic E-state index is 13.5. The van der Waals surface area contributed by atoms with Gasteiger partial charge in [-0.15, -0.1) is 11.8 Å². The molecule has 3 aromatic heterocycles. The number of carbonyl (C=O) groups is 1. The molecule has 1 fully saturated rings. The van der Waals surface area contributed by atoms with Gasteiger partial charge in [0, 0.05) is 70.9 Å². The minimum absolute atomic E-state index is 0.0236. The highest BCUT2D eigenvalue weighted by Gasteiger charge is 2.43. The van der Waals surface area contributed by atoms with Crippen molar-refractivity contribution in [1.29, 1.82) is 0 Å². The number of carbonyl (C=O) groups excluding carboxylic acids is 1. The molecule has 6 heterocycles. The predicted molar refractivity (Wildman–Crippen MR) is 217 cm³/mol. The molecule has 12 heteroatoms. The van der Waals surface area contributed by atoms with Gasteiger partial charge in [0.05, 0.1) is 18.0 Å². The fraction of sp³-hybridized carbons (Fsp3) is 0.500. The number of aliphatic hydroxyl groups excluding tert-OH is 4. The summed E-state index contributed by atoms with van der Waals surface area (Å²) in [6, 6.07) is 8.61. The Bertz CT molecular complexity index is 2100. The number of thioether (sulfide) groups is 1. The first-order valence-corrected chi connectivity index (χ1v) is 20.0. The SMILES string of the molecule is C=Cc1c(C)c2cc3nc(c(C)c4cc(C)c(cc5nc(cc1[nH]2)C(C)=C5CC)[nH]4)[C@@H](CCC(=O)N(C)CCCS[C@H]1O[C@H](CO)[C@@H](O)[C@H](O)[C@@H]1O)[C@@H]3C. The zero-order valence-electron chi connectivity index (χ0n) is 32.4. The molecule has 6 N–H and O–H groups in total. The lowest BCUT2D eigenvalue weighted by molar-refractivity contribution is -0.205. The Balaban J connectivity index is 1.27. The van der Waals surface area contributed by atoms with Crippen LogP contribution in [-0.4, -0.2) is 107 Å². The second-order valence-electron chi connectivity index (χ2n) is 15.0. The van der Waals surface area contributed by atoms with Gasteiger partial charge in [0.15, 0.2) is 0 Å². The average Bonchev–Trinajstić information content (AvgIpc) is 3.86. The summed E-state index contributed by atoms with van der Waals surface area (Å²) in [5, 5.41) is 40.0. The van der Waals surface area contributed by atoms with Gasteiger partial charge >= 0.3 is 0 Å². The molecule has 54 heavy (non-hydrogen) atoms. The van der Waals surface area contributed by atoms with Crippen molar-refractivity contribution in [3.05, 3.63) is 75.9 Å². The van der Waals surface area contributed by atoms with Crippen LogP contribution in [0, 0.1) is 20.8 Å². The molecule has 0 aromatic carbocycles. The summed E-state index contributed by atoms with van der Waals surface area (Å²) < 4.78 is 5.60. The Morgan fingerprint density at radius 1 is 0.963 bits per heavy atom. The summed E-state index contributed by atoms with van der Waals surface area (Å²) in [4.78, 5) is 33.0. The number of aryl methyl sites for hydroxylation is 3. The molecular weight excluding hydrogens is 703 g/mol. The molecule has 3 aliphatic rings. The van der Waals surface area contributed by atoms with Crippen molar-refractivity contribution in [2.45, 2.75) is 109 Å². The zero-order chi connectivity index (χ0) is 39.0. The highest BCUT2D eigenvalue weighted by molar-refractivity contribution is 7.99. The van der Waals surface area contributed by atoms with Gasteiger partial charge in [0.25, 0.3) is 0 Å². The van der Waals surface area contributed by atoms with E-state index in [9.17, 15) is 25.2 Å². The van der Waals surface area contributed by atoms with E-state index in [1.54, 1.807) is 11.9 Å². The largest absolute Gasteiger partial charge is 0.394 e. The van der Waals surface area contributed by atoms with E-state index in [4.69, 9.17) is 14.7 Å². The van der Waals surface area contributed by atoms with Crippen LogP contribution >= 0.6 is 11.8 Å². The van der Waals surface area contributed by atoms with E-state index in [0.29, 0.717) is 31.6 Å². The van der Waals surface area contributed by atoms with Gasteiger partial charge in [-0.3, -0.25) is 9.78 Å². The van der Waals surface area contributed by atoms with Crippen LogP contribution < -0.4 is 0 Å². The van der Waals surface area contributed by atoms with Crippen LogP contribution in [0.4, 0.5) is 0 Å². The Morgan fingerprint density at radius 2 is 1.67 bits per heavy atom. The molecule has 11 nitrogen and oxygen atoms in total. The van der Waals surface area contributed by atoms with Gasteiger partial charge in [-0.2, -0.15) is 0 Å². The number of allylic oxidation sites excluding steroid dienone is 2. The Kier molecular flexibility index (Phi) is 12.2. The van der Waals surface area contributed by atoms with Gasteiger partial charge in [0.2, 0.25) is 5.91 Å². The predicted octanol–water partition coefficient (Wildman–Crippen LogP) is 6.27. The van der Waals surface area contributed by atoms with Crippen molar-refractivity contribution in [1.82, 2.24) is 24.8 Å². The molecular formula is C42H55N5O6S. The van der Waals surface area contributed by atoms with Crippen molar-refractivity contribution in [3.8, 4) is 0 Å². The summed E-state index contributed by atoms with van der Waals surface area (Å²) in [5.41, 5.74) is 13.8. The van der Waals surface area contributed by atoms with E-state index in [2.05, 4.69) is 82.4 Å². The lowest BCUT2D eigenvalue weighted by Crippen LogP contribution is -2.57. The first-order valence-electron chi connectivity index (χ1n) is 19.0. The maximum Gasteiger partial charge on any atom is 0.222 e. The average molecular weight is 758 g/mol. The van der Waals surface area contributed by atoms with E-state index in [-0.39, 0.29) is 17.7 Å². The minimum atomic E-state index is -1.40. The van der Waals surface area contributed by atoms with Crippen molar-refractivity contribution < 1.29 is 30.0 Å². The number of aromatic amines is 2. The number of aliphatic hydroxyl groups is 4. The Labute approximate surface area is 321 Å². The third-order valence-corrected chi connectivity index (χ3v) is 12.8. The molecule has 0 saturated carbocycles. The van der Waals surface area contributed by atoms with Crippen LogP contribution in [0.1, 0.15) is 103 Å².